The minimum Gasteiger partial charge on any atom is -0.454 e. The zero-order valence-corrected chi connectivity index (χ0v) is 14.1. The van der Waals surface area contributed by atoms with Gasteiger partial charge >= 0.3 is 0 Å². The molecule has 0 spiro atoms. The second-order valence-electron chi connectivity index (χ2n) is 4.95. The predicted octanol–water partition coefficient (Wildman–Crippen LogP) is 4.95. The van der Waals surface area contributed by atoms with Crippen LogP contribution in [0.15, 0.2) is 30.3 Å². The molecule has 3 rings (SSSR count). The highest BCUT2D eigenvalue weighted by molar-refractivity contribution is 6.42. The highest BCUT2D eigenvalue weighted by Gasteiger charge is 2.17. The van der Waals surface area contributed by atoms with Crippen LogP contribution in [0.4, 0.5) is 5.69 Å². The van der Waals surface area contributed by atoms with Crippen LogP contribution in [0.2, 0.25) is 15.1 Å². The number of hydrogen-bond acceptors (Lipinski definition) is 3. The number of halogens is 3. The van der Waals surface area contributed by atoms with Crippen molar-refractivity contribution < 1.29 is 14.3 Å². The molecule has 0 saturated heterocycles. The summed E-state index contributed by atoms with van der Waals surface area (Å²) in [6, 6.07) is 8.62. The molecule has 1 amide bonds. The molecule has 1 aliphatic rings. The molecule has 7 heteroatoms. The number of fused-ring (bicyclic) bond motifs is 1. The normalized spacial score (nSPS) is 12.3. The third-order valence-electron chi connectivity index (χ3n) is 3.39. The SMILES string of the molecule is O=C(CCc1cccc(Cl)c1Cl)Nc1cc2c(cc1Cl)OCO2. The number of amides is 1. The van der Waals surface area contributed by atoms with Crippen molar-refractivity contribution >= 4 is 46.4 Å². The van der Waals surface area contributed by atoms with Gasteiger partial charge in [0.25, 0.3) is 0 Å². The summed E-state index contributed by atoms with van der Waals surface area (Å²) in [5, 5.41) is 4.10. The van der Waals surface area contributed by atoms with Crippen molar-refractivity contribution in [3.05, 3.63) is 51.0 Å². The number of carbonyl (C=O) groups excluding carboxylic acids is 1. The first-order valence-electron chi connectivity index (χ1n) is 6.86. The van der Waals surface area contributed by atoms with Crippen LogP contribution in [0.25, 0.3) is 0 Å². The van der Waals surface area contributed by atoms with Gasteiger partial charge in [-0.3, -0.25) is 4.79 Å². The van der Waals surface area contributed by atoms with E-state index < -0.39 is 0 Å². The molecule has 0 bridgehead atoms. The average molecular weight is 373 g/mol. The Bertz CT molecular complexity index is 764. The zero-order valence-electron chi connectivity index (χ0n) is 11.9. The second kappa shape index (κ2) is 6.87. The van der Waals surface area contributed by atoms with E-state index in [1.54, 1.807) is 24.3 Å². The van der Waals surface area contributed by atoms with Gasteiger partial charge in [0.1, 0.15) is 0 Å². The van der Waals surface area contributed by atoms with E-state index in [2.05, 4.69) is 5.32 Å². The maximum Gasteiger partial charge on any atom is 0.231 e. The molecule has 0 atom stereocenters. The lowest BCUT2D eigenvalue weighted by Crippen LogP contribution is -2.12. The van der Waals surface area contributed by atoms with Crippen LogP contribution in [-0.2, 0) is 11.2 Å². The molecule has 2 aromatic carbocycles. The lowest BCUT2D eigenvalue weighted by Gasteiger charge is -2.09. The third kappa shape index (κ3) is 3.66. The summed E-state index contributed by atoms with van der Waals surface area (Å²) in [5.41, 5.74) is 1.31. The quantitative estimate of drug-likeness (QED) is 0.826. The second-order valence-corrected chi connectivity index (χ2v) is 6.14. The van der Waals surface area contributed by atoms with Gasteiger partial charge in [-0.25, -0.2) is 0 Å². The third-order valence-corrected chi connectivity index (χ3v) is 4.56. The van der Waals surface area contributed by atoms with Crippen LogP contribution in [0.1, 0.15) is 12.0 Å². The van der Waals surface area contributed by atoms with E-state index in [1.165, 1.54) is 0 Å². The molecule has 0 aromatic heterocycles. The van der Waals surface area contributed by atoms with Crippen molar-refractivity contribution in [3.63, 3.8) is 0 Å². The first kappa shape index (κ1) is 16.2. The summed E-state index contributed by atoms with van der Waals surface area (Å²) < 4.78 is 10.5. The fraction of sp³-hybridized carbons (Fsp3) is 0.188. The van der Waals surface area contributed by atoms with Crippen molar-refractivity contribution in [1.29, 1.82) is 0 Å². The van der Waals surface area contributed by atoms with Crippen LogP contribution in [-0.4, -0.2) is 12.7 Å². The minimum atomic E-state index is -0.179. The van der Waals surface area contributed by atoms with Crippen molar-refractivity contribution in [2.75, 3.05) is 12.1 Å². The molecule has 120 valence electrons. The highest BCUT2D eigenvalue weighted by atomic mass is 35.5. The van der Waals surface area contributed by atoms with Crippen molar-refractivity contribution in [2.24, 2.45) is 0 Å². The van der Waals surface area contributed by atoms with E-state index >= 15 is 0 Å². The number of hydrogen-bond donors (Lipinski definition) is 1. The summed E-state index contributed by atoms with van der Waals surface area (Å²) in [5.74, 6) is 0.947. The molecule has 0 aliphatic carbocycles. The molecule has 23 heavy (non-hydrogen) atoms. The van der Waals surface area contributed by atoms with Gasteiger partial charge in [0.15, 0.2) is 11.5 Å². The fourth-order valence-electron chi connectivity index (χ4n) is 2.22. The van der Waals surface area contributed by atoms with Crippen LogP contribution < -0.4 is 14.8 Å². The van der Waals surface area contributed by atoms with E-state index in [9.17, 15) is 4.79 Å². The van der Waals surface area contributed by atoms with Crippen molar-refractivity contribution in [2.45, 2.75) is 12.8 Å². The number of anilines is 1. The molecule has 0 unspecified atom stereocenters. The Balaban J connectivity index is 1.65. The number of rotatable bonds is 4. The Morgan fingerprint density at radius 3 is 2.61 bits per heavy atom. The van der Waals surface area contributed by atoms with Gasteiger partial charge in [0.05, 0.1) is 20.8 Å². The lowest BCUT2D eigenvalue weighted by molar-refractivity contribution is -0.116. The summed E-state index contributed by atoms with van der Waals surface area (Å²) in [6.45, 7) is 0.149. The summed E-state index contributed by atoms with van der Waals surface area (Å²) >= 11 is 18.2. The Morgan fingerprint density at radius 2 is 1.83 bits per heavy atom. The van der Waals surface area contributed by atoms with Gasteiger partial charge in [-0.05, 0) is 18.1 Å². The Hall–Kier alpha value is -1.62. The van der Waals surface area contributed by atoms with E-state index in [1.807, 2.05) is 6.07 Å². The van der Waals surface area contributed by atoms with Crippen LogP contribution in [0, 0.1) is 0 Å². The van der Waals surface area contributed by atoms with Gasteiger partial charge < -0.3 is 14.8 Å². The number of aryl methyl sites for hydroxylation is 1. The number of carbonyl (C=O) groups is 1. The van der Waals surface area contributed by atoms with E-state index in [-0.39, 0.29) is 19.1 Å². The number of ether oxygens (including phenoxy) is 2. The van der Waals surface area contributed by atoms with Crippen molar-refractivity contribution in [3.8, 4) is 11.5 Å². The van der Waals surface area contributed by atoms with Gasteiger partial charge in [0, 0.05) is 18.6 Å². The van der Waals surface area contributed by atoms with Crippen LogP contribution >= 0.6 is 34.8 Å². The minimum absolute atomic E-state index is 0.149. The maximum absolute atomic E-state index is 12.1. The van der Waals surface area contributed by atoms with Crippen molar-refractivity contribution in [1.82, 2.24) is 0 Å². The van der Waals surface area contributed by atoms with Gasteiger partial charge in [-0.15, -0.1) is 0 Å². The standard InChI is InChI=1S/C16H12Cl3NO3/c17-10-3-1-2-9(16(10)19)4-5-15(21)20-12-7-14-13(6-11(12)18)22-8-23-14/h1-3,6-7H,4-5,8H2,(H,20,21). The summed E-state index contributed by atoms with van der Waals surface area (Å²) in [7, 11) is 0. The van der Waals surface area contributed by atoms with Gasteiger partial charge in [-0.2, -0.15) is 0 Å². The van der Waals surface area contributed by atoms with Crippen LogP contribution in [0.5, 0.6) is 11.5 Å². The lowest BCUT2D eigenvalue weighted by atomic mass is 10.1. The van der Waals surface area contributed by atoms with Crippen LogP contribution in [0.3, 0.4) is 0 Å². The van der Waals surface area contributed by atoms with E-state index in [0.717, 1.165) is 5.56 Å². The first-order chi connectivity index (χ1) is 11.0. The molecule has 1 heterocycles. The Morgan fingerprint density at radius 1 is 1.09 bits per heavy atom. The monoisotopic (exact) mass is 371 g/mol. The molecular weight excluding hydrogens is 361 g/mol. The largest absolute Gasteiger partial charge is 0.454 e. The summed E-state index contributed by atoms with van der Waals surface area (Å²) in [4.78, 5) is 12.1. The smallest absolute Gasteiger partial charge is 0.231 e. The molecule has 1 N–H and O–H groups in total. The fourth-order valence-corrected chi connectivity index (χ4v) is 2.83. The molecule has 2 aromatic rings. The maximum atomic E-state index is 12.1. The molecule has 0 saturated carbocycles. The van der Waals surface area contributed by atoms with Gasteiger partial charge in [-0.1, -0.05) is 46.9 Å². The topological polar surface area (TPSA) is 47.6 Å². The first-order valence-corrected chi connectivity index (χ1v) is 8.00. The molecule has 0 fully saturated rings. The number of benzene rings is 2. The Kier molecular flexibility index (Phi) is 4.85. The average Bonchev–Trinajstić information content (AvgIpc) is 2.96. The van der Waals surface area contributed by atoms with E-state index in [0.29, 0.717) is 38.7 Å². The Labute approximate surface area is 148 Å². The molecule has 0 radical (unpaired) electrons. The van der Waals surface area contributed by atoms with E-state index in [4.69, 9.17) is 44.3 Å². The zero-order chi connectivity index (χ0) is 16.4. The van der Waals surface area contributed by atoms with Gasteiger partial charge in [0.2, 0.25) is 12.7 Å². The summed E-state index contributed by atoms with van der Waals surface area (Å²) in [6.07, 6.45) is 0.734. The number of nitrogens with one attached hydrogen (secondary N) is 1. The molecule has 1 aliphatic heterocycles. The highest BCUT2D eigenvalue weighted by Crippen LogP contribution is 2.39. The molecular formula is C16H12Cl3NO3. The molecule has 4 nitrogen and oxygen atoms in total. The predicted molar refractivity (Wildman–Crippen MR) is 91.0 cm³/mol.